The Bertz CT molecular complexity index is 1250. The molecule has 1 fully saturated rings. The molecule has 3 aromatic rings. The zero-order valence-electron chi connectivity index (χ0n) is 19.3. The molecule has 180 valence electrons. The molecule has 0 saturated carbocycles. The number of methoxy groups -OCH3 is 1. The second kappa shape index (κ2) is 10.0. The van der Waals surface area contributed by atoms with Gasteiger partial charge in [-0.25, -0.2) is 15.0 Å². The maximum Gasteiger partial charge on any atom is 0.264 e. The molecular weight excluding hydrogens is 442 g/mol. The molecule has 0 bridgehead atoms. The average molecular weight is 470 g/mol. The van der Waals surface area contributed by atoms with Gasteiger partial charge < -0.3 is 24.8 Å². The number of rotatable bonds is 7. The Kier molecular flexibility index (Phi) is 6.89. The lowest BCUT2D eigenvalue weighted by atomic mass is 10.1. The van der Waals surface area contributed by atoms with Crippen LogP contribution in [0.25, 0.3) is 10.9 Å². The van der Waals surface area contributed by atoms with Crippen LogP contribution in [0.1, 0.15) is 16.8 Å². The minimum Gasteiger partial charge on any atom is -0.491 e. The molecule has 0 radical (unpaired) electrons. The Balaban J connectivity index is 1.64. The van der Waals surface area contributed by atoms with Crippen LogP contribution in [0, 0.1) is 0 Å². The number of fused-ring (bicyclic) bond motifs is 1. The van der Waals surface area contributed by atoms with Gasteiger partial charge in [0.15, 0.2) is 11.5 Å². The second-order valence-electron chi connectivity index (χ2n) is 7.99. The van der Waals surface area contributed by atoms with E-state index in [1.165, 1.54) is 37.4 Å². The summed E-state index contributed by atoms with van der Waals surface area (Å²) in [6.07, 6.45) is 4.78. The summed E-state index contributed by atoms with van der Waals surface area (Å²) in [5.41, 5.74) is 6.37. The first-order chi connectivity index (χ1) is 16.4. The van der Waals surface area contributed by atoms with Gasteiger partial charge >= 0.3 is 0 Å². The van der Waals surface area contributed by atoms with E-state index in [0.717, 1.165) is 13.1 Å². The van der Waals surface area contributed by atoms with Gasteiger partial charge in [-0.05, 0) is 7.05 Å². The van der Waals surface area contributed by atoms with Crippen molar-refractivity contribution in [2.75, 3.05) is 51.5 Å². The summed E-state index contributed by atoms with van der Waals surface area (Å²) < 4.78 is 18.5. The van der Waals surface area contributed by atoms with E-state index in [1.807, 2.05) is 0 Å². The lowest BCUT2D eigenvalue weighted by Crippen LogP contribution is -2.40. The first-order valence-electron chi connectivity index (χ1n) is 10.8. The molecule has 34 heavy (non-hydrogen) atoms. The van der Waals surface area contributed by atoms with E-state index in [-0.39, 0.29) is 40.0 Å². The molecular formula is C22H27N7O5. The molecule has 12 heteroatoms. The minimum atomic E-state index is -0.515. The Labute approximate surface area is 195 Å². The number of nitrogens with one attached hydrogen (secondary N) is 1. The normalized spacial score (nSPS) is 16.4. The van der Waals surface area contributed by atoms with Crippen LogP contribution in [0.5, 0.6) is 11.5 Å². The van der Waals surface area contributed by atoms with Crippen molar-refractivity contribution >= 4 is 28.4 Å². The van der Waals surface area contributed by atoms with Gasteiger partial charge in [0, 0.05) is 45.0 Å². The Hall–Kier alpha value is -3.77. The van der Waals surface area contributed by atoms with Crippen molar-refractivity contribution in [2.24, 2.45) is 7.05 Å². The molecule has 0 aliphatic carbocycles. The highest BCUT2D eigenvalue weighted by molar-refractivity contribution is 6.04. The van der Waals surface area contributed by atoms with Gasteiger partial charge in [0.25, 0.3) is 11.5 Å². The highest BCUT2D eigenvalue weighted by Gasteiger charge is 2.22. The number of nitrogens with zero attached hydrogens (tertiary/aromatic N) is 5. The lowest BCUT2D eigenvalue weighted by Gasteiger charge is -2.30. The standard InChI is InChI=1S/C22H27N7O5/c1-28-5-7-33-14(11-28)4-6-34-16-8-15(23)17-18(19(16)32-3)26-22(29(2)21(17)31)27-20(30)13-9-24-12-25-10-13/h8-10,12,14H,4-7,11,23H2,1-3H3,(H,26,27,30)/t14-/m1/s1. The molecule has 1 aromatic carbocycles. The van der Waals surface area contributed by atoms with Gasteiger partial charge in [-0.3, -0.25) is 19.5 Å². The molecule has 0 spiro atoms. The largest absolute Gasteiger partial charge is 0.491 e. The molecule has 12 nitrogen and oxygen atoms in total. The maximum absolute atomic E-state index is 13.1. The van der Waals surface area contributed by atoms with E-state index in [4.69, 9.17) is 19.9 Å². The number of hydrogen-bond donors (Lipinski definition) is 2. The molecule has 1 aliphatic rings. The average Bonchev–Trinajstić information content (AvgIpc) is 2.83. The van der Waals surface area contributed by atoms with Crippen LogP contribution in [0.15, 0.2) is 29.6 Å². The summed E-state index contributed by atoms with van der Waals surface area (Å²) in [4.78, 5) is 40.0. The van der Waals surface area contributed by atoms with Crippen molar-refractivity contribution in [3.05, 3.63) is 40.7 Å². The van der Waals surface area contributed by atoms with E-state index in [0.29, 0.717) is 25.4 Å². The fourth-order valence-electron chi connectivity index (χ4n) is 3.77. The van der Waals surface area contributed by atoms with Crippen LogP contribution < -0.4 is 26.1 Å². The smallest absolute Gasteiger partial charge is 0.264 e. The van der Waals surface area contributed by atoms with Crippen molar-refractivity contribution in [1.29, 1.82) is 0 Å². The van der Waals surface area contributed by atoms with Gasteiger partial charge in [-0.1, -0.05) is 0 Å². The number of nitrogen functional groups attached to an aromatic ring is 1. The molecule has 1 atom stereocenters. The van der Waals surface area contributed by atoms with E-state index >= 15 is 0 Å². The van der Waals surface area contributed by atoms with Gasteiger partial charge in [0.1, 0.15) is 11.8 Å². The maximum atomic E-state index is 13.1. The SMILES string of the molecule is COc1c(OCC[C@@H]2CN(C)CCO2)cc(N)c2c(=O)n(C)c(NC(=O)c3cncnc3)nc12. The molecule has 0 unspecified atom stereocenters. The summed E-state index contributed by atoms with van der Waals surface area (Å²) in [7, 11) is 5.00. The fourth-order valence-corrected chi connectivity index (χ4v) is 3.77. The van der Waals surface area contributed by atoms with E-state index in [2.05, 4.69) is 32.2 Å². The van der Waals surface area contributed by atoms with E-state index < -0.39 is 11.5 Å². The number of carbonyl (C=O) groups is 1. The van der Waals surface area contributed by atoms with Crippen LogP contribution in [-0.4, -0.2) is 76.9 Å². The number of morpholine rings is 1. The van der Waals surface area contributed by atoms with Gasteiger partial charge in [-0.15, -0.1) is 0 Å². The van der Waals surface area contributed by atoms with Crippen LogP contribution in [-0.2, 0) is 11.8 Å². The summed E-state index contributed by atoms with van der Waals surface area (Å²) >= 11 is 0. The van der Waals surface area contributed by atoms with Crippen molar-refractivity contribution in [2.45, 2.75) is 12.5 Å². The van der Waals surface area contributed by atoms with Crippen LogP contribution >= 0.6 is 0 Å². The number of carbonyl (C=O) groups excluding carboxylic acids is 1. The van der Waals surface area contributed by atoms with Crippen molar-refractivity contribution in [1.82, 2.24) is 24.4 Å². The van der Waals surface area contributed by atoms with Crippen molar-refractivity contribution in [3.8, 4) is 11.5 Å². The number of likely N-dealkylation sites (N-methyl/N-ethyl adjacent to an activating group) is 1. The highest BCUT2D eigenvalue weighted by atomic mass is 16.5. The molecule has 2 aromatic heterocycles. The zero-order chi connectivity index (χ0) is 24.2. The summed E-state index contributed by atoms with van der Waals surface area (Å²) in [6, 6.07) is 1.55. The van der Waals surface area contributed by atoms with Gasteiger partial charge in [0.05, 0.1) is 43.1 Å². The zero-order valence-corrected chi connectivity index (χ0v) is 19.3. The predicted molar refractivity (Wildman–Crippen MR) is 125 cm³/mol. The predicted octanol–water partition coefficient (Wildman–Crippen LogP) is 0.666. The molecule has 4 rings (SSSR count). The van der Waals surface area contributed by atoms with E-state index in [9.17, 15) is 9.59 Å². The molecule has 1 saturated heterocycles. The quantitative estimate of drug-likeness (QED) is 0.473. The third kappa shape index (κ3) is 4.77. The fraction of sp³-hybridized carbons (Fsp3) is 0.409. The number of ether oxygens (including phenoxy) is 3. The number of anilines is 2. The Morgan fingerprint density at radius 1 is 1.32 bits per heavy atom. The Morgan fingerprint density at radius 2 is 2.09 bits per heavy atom. The number of amides is 1. The van der Waals surface area contributed by atoms with E-state index in [1.54, 1.807) is 6.07 Å². The molecule has 1 amide bonds. The molecule has 3 heterocycles. The van der Waals surface area contributed by atoms with Crippen LogP contribution in [0.2, 0.25) is 0 Å². The summed E-state index contributed by atoms with van der Waals surface area (Å²) in [5.74, 6) is 0.104. The number of hydrogen-bond acceptors (Lipinski definition) is 10. The van der Waals surface area contributed by atoms with Crippen LogP contribution in [0.3, 0.4) is 0 Å². The number of benzene rings is 1. The summed E-state index contributed by atoms with van der Waals surface area (Å²) in [6.45, 7) is 2.78. The van der Waals surface area contributed by atoms with Crippen molar-refractivity contribution in [3.63, 3.8) is 0 Å². The highest BCUT2D eigenvalue weighted by Crippen LogP contribution is 2.37. The third-order valence-electron chi connectivity index (χ3n) is 5.60. The number of aromatic nitrogens is 4. The van der Waals surface area contributed by atoms with Gasteiger partial charge in [0.2, 0.25) is 5.95 Å². The molecule has 3 N–H and O–H groups in total. The summed E-state index contributed by atoms with van der Waals surface area (Å²) in [5, 5.41) is 2.79. The number of nitrogens with two attached hydrogens (primary N) is 1. The first-order valence-corrected chi connectivity index (χ1v) is 10.8. The minimum absolute atomic E-state index is 0.0137. The Morgan fingerprint density at radius 3 is 2.79 bits per heavy atom. The second-order valence-corrected chi connectivity index (χ2v) is 7.99. The topological polar surface area (TPSA) is 147 Å². The lowest BCUT2D eigenvalue weighted by molar-refractivity contribution is -0.0284. The third-order valence-corrected chi connectivity index (χ3v) is 5.60. The van der Waals surface area contributed by atoms with Crippen molar-refractivity contribution < 1.29 is 19.0 Å². The van der Waals surface area contributed by atoms with Crippen LogP contribution in [0.4, 0.5) is 11.6 Å². The monoisotopic (exact) mass is 469 g/mol. The first kappa shape index (κ1) is 23.4. The molecule has 1 aliphatic heterocycles. The van der Waals surface area contributed by atoms with Gasteiger partial charge in [-0.2, -0.15) is 0 Å².